The quantitative estimate of drug-likeness (QED) is 0.521. The minimum Gasteiger partial charge on any atom is -0.330 e. The van der Waals surface area contributed by atoms with Gasteiger partial charge in [-0.15, -0.1) is 12.4 Å². The molecule has 1 atom stereocenters. The third-order valence-electron chi connectivity index (χ3n) is 1.56. The molecule has 1 aliphatic heterocycles. The van der Waals surface area contributed by atoms with Gasteiger partial charge in [-0.3, -0.25) is 10.1 Å². The molecule has 5 nitrogen and oxygen atoms in total. The van der Waals surface area contributed by atoms with Crippen molar-refractivity contribution in [3.05, 3.63) is 0 Å². The lowest BCUT2D eigenvalue weighted by Crippen LogP contribution is -2.29. The topological polar surface area (TPSA) is 84.2 Å². The van der Waals surface area contributed by atoms with E-state index in [1.54, 1.807) is 0 Å². The molecule has 4 N–H and O–H groups in total. The highest BCUT2D eigenvalue weighted by atomic mass is 35.5. The first-order valence-corrected chi connectivity index (χ1v) is 3.55. The Kier molecular flexibility index (Phi) is 4.61. The first-order valence-electron chi connectivity index (χ1n) is 3.55. The smallest absolute Gasteiger partial charge is 0.322 e. The number of nitrogens with two attached hydrogens (primary N) is 1. The summed E-state index contributed by atoms with van der Waals surface area (Å²) in [5.74, 6) is -0.247. The summed E-state index contributed by atoms with van der Waals surface area (Å²) < 4.78 is 0. The van der Waals surface area contributed by atoms with Crippen molar-refractivity contribution in [3.8, 4) is 0 Å². The minimum absolute atomic E-state index is 0. The van der Waals surface area contributed by atoms with E-state index in [2.05, 4.69) is 10.6 Å². The first kappa shape index (κ1) is 11.2. The van der Waals surface area contributed by atoms with Gasteiger partial charge in [0.15, 0.2) is 0 Å². The largest absolute Gasteiger partial charge is 0.330 e. The highest BCUT2D eigenvalue weighted by Gasteiger charge is 2.28. The zero-order chi connectivity index (χ0) is 8.27. The molecule has 1 aliphatic rings. The van der Waals surface area contributed by atoms with Crippen molar-refractivity contribution >= 4 is 24.3 Å². The lowest BCUT2D eigenvalue weighted by atomic mass is 10.1. The summed E-state index contributed by atoms with van der Waals surface area (Å²) in [6, 6.07) is -0.775. The summed E-state index contributed by atoms with van der Waals surface area (Å²) in [4.78, 5) is 21.4. The van der Waals surface area contributed by atoms with Gasteiger partial charge < -0.3 is 11.1 Å². The summed E-state index contributed by atoms with van der Waals surface area (Å²) in [5.41, 5.74) is 5.24. The van der Waals surface area contributed by atoms with Crippen molar-refractivity contribution in [1.29, 1.82) is 0 Å². The SMILES string of the molecule is Cl.NCCC[C@@H]1NC(=O)NC1=O. The van der Waals surface area contributed by atoms with Gasteiger partial charge in [0.05, 0.1) is 0 Å². The fourth-order valence-electron chi connectivity index (χ4n) is 0.984. The molecule has 0 bridgehead atoms. The molecule has 12 heavy (non-hydrogen) atoms. The second kappa shape index (κ2) is 4.95. The fraction of sp³-hybridized carbons (Fsp3) is 0.667. The second-order valence-corrected chi connectivity index (χ2v) is 2.45. The molecule has 1 fully saturated rings. The second-order valence-electron chi connectivity index (χ2n) is 2.45. The summed E-state index contributed by atoms with van der Waals surface area (Å²) >= 11 is 0. The molecule has 0 saturated carbocycles. The van der Waals surface area contributed by atoms with Crippen LogP contribution in [0.2, 0.25) is 0 Å². The number of amides is 3. The van der Waals surface area contributed by atoms with Crippen LogP contribution in [0.15, 0.2) is 0 Å². The standard InChI is InChI=1S/C6H11N3O2.ClH/c7-3-1-2-4-5(10)9-6(11)8-4;/h4H,1-3,7H2,(H2,8,9,10,11);1H/t4-;/m0./s1. The third-order valence-corrected chi connectivity index (χ3v) is 1.56. The molecular formula is C6H12ClN3O2. The van der Waals surface area contributed by atoms with Gasteiger partial charge in [0.1, 0.15) is 6.04 Å². The van der Waals surface area contributed by atoms with Crippen LogP contribution >= 0.6 is 12.4 Å². The predicted molar refractivity (Wildman–Crippen MR) is 46.0 cm³/mol. The molecule has 0 aromatic rings. The van der Waals surface area contributed by atoms with Crippen molar-refractivity contribution in [2.24, 2.45) is 5.73 Å². The maximum absolute atomic E-state index is 10.9. The predicted octanol–water partition coefficient (Wildman–Crippen LogP) is -0.645. The highest BCUT2D eigenvalue weighted by Crippen LogP contribution is 2.00. The average molecular weight is 194 g/mol. The summed E-state index contributed by atoms with van der Waals surface area (Å²) in [5, 5.41) is 4.63. The summed E-state index contributed by atoms with van der Waals surface area (Å²) in [6.07, 6.45) is 1.37. The Morgan fingerprint density at radius 3 is 2.50 bits per heavy atom. The number of carbonyl (C=O) groups is 2. The molecule has 3 amide bonds. The van der Waals surface area contributed by atoms with E-state index in [0.717, 1.165) is 6.42 Å². The average Bonchev–Trinajstić information content (AvgIpc) is 2.26. The number of imide groups is 1. The van der Waals surface area contributed by atoms with E-state index in [0.29, 0.717) is 13.0 Å². The van der Waals surface area contributed by atoms with Crippen LogP contribution in [0.5, 0.6) is 0 Å². The molecule has 1 saturated heterocycles. The number of urea groups is 1. The van der Waals surface area contributed by atoms with Gasteiger partial charge in [-0.25, -0.2) is 4.79 Å². The maximum Gasteiger partial charge on any atom is 0.322 e. The van der Waals surface area contributed by atoms with Crippen LogP contribution in [0, 0.1) is 0 Å². The minimum atomic E-state index is -0.406. The van der Waals surface area contributed by atoms with Crippen LogP contribution < -0.4 is 16.4 Å². The molecule has 70 valence electrons. The Bertz CT molecular complexity index is 186. The number of carbonyl (C=O) groups excluding carboxylic acids is 2. The van der Waals surface area contributed by atoms with Crippen molar-refractivity contribution in [2.75, 3.05) is 6.54 Å². The van der Waals surface area contributed by atoms with Gasteiger partial charge >= 0.3 is 6.03 Å². The van der Waals surface area contributed by atoms with Crippen LogP contribution in [0.1, 0.15) is 12.8 Å². The lowest BCUT2D eigenvalue weighted by molar-refractivity contribution is -0.120. The van der Waals surface area contributed by atoms with Crippen LogP contribution in [-0.4, -0.2) is 24.5 Å². The number of hydrogen-bond donors (Lipinski definition) is 3. The lowest BCUT2D eigenvalue weighted by Gasteiger charge is -2.03. The highest BCUT2D eigenvalue weighted by molar-refractivity contribution is 6.04. The van der Waals surface area contributed by atoms with E-state index in [1.165, 1.54) is 0 Å². The van der Waals surface area contributed by atoms with Gasteiger partial charge in [0.2, 0.25) is 0 Å². The molecule has 0 aliphatic carbocycles. The van der Waals surface area contributed by atoms with E-state index in [-0.39, 0.29) is 24.4 Å². The summed E-state index contributed by atoms with van der Waals surface area (Å²) in [6.45, 7) is 0.541. The Morgan fingerprint density at radius 2 is 2.08 bits per heavy atom. The van der Waals surface area contributed by atoms with Crippen molar-refractivity contribution in [2.45, 2.75) is 18.9 Å². The summed E-state index contributed by atoms with van der Waals surface area (Å²) in [7, 11) is 0. The van der Waals surface area contributed by atoms with Crippen LogP contribution in [-0.2, 0) is 4.79 Å². The van der Waals surface area contributed by atoms with Crippen molar-refractivity contribution < 1.29 is 9.59 Å². The van der Waals surface area contributed by atoms with Crippen molar-refractivity contribution in [1.82, 2.24) is 10.6 Å². The van der Waals surface area contributed by atoms with Crippen molar-refractivity contribution in [3.63, 3.8) is 0 Å². The van der Waals surface area contributed by atoms with Crippen LogP contribution in [0.3, 0.4) is 0 Å². The normalized spacial score (nSPS) is 21.2. The molecule has 0 radical (unpaired) electrons. The van der Waals surface area contributed by atoms with E-state index >= 15 is 0 Å². The Balaban J connectivity index is 0.00000121. The molecule has 0 unspecified atom stereocenters. The Morgan fingerprint density at radius 1 is 1.42 bits per heavy atom. The number of halogens is 1. The molecule has 0 aromatic carbocycles. The van der Waals surface area contributed by atoms with E-state index in [9.17, 15) is 9.59 Å². The van der Waals surface area contributed by atoms with Crippen LogP contribution in [0.4, 0.5) is 4.79 Å². The number of rotatable bonds is 3. The van der Waals surface area contributed by atoms with Gasteiger partial charge in [-0.05, 0) is 19.4 Å². The van der Waals surface area contributed by atoms with E-state index in [4.69, 9.17) is 5.73 Å². The zero-order valence-corrected chi connectivity index (χ0v) is 7.32. The van der Waals surface area contributed by atoms with Crippen LogP contribution in [0.25, 0.3) is 0 Å². The molecular weight excluding hydrogens is 182 g/mol. The first-order chi connectivity index (χ1) is 5.24. The molecule has 1 rings (SSSR count). The van der Waals surface area contributed by atoms with E-state index < -0.39 is 6.03 Å². The molecule has 6 heteroatoms. The Hall–Kier alpha value is -0.810. The monoisotopic (exact) mass is 193 g/mol. The number of nitrogens with one attached hydrogen (secondary N) is 2. The van der Waals surface area contributed by atoms with Gasteiger partial charge in [-0.2, -0.15) is 0 Å². The fourth-order valence-corrected chi connectivity index (χ4v) is 0.984. The molecule has 1 heterocycles. The number of hydrogen-bond acceptors (Lipinski definition) is 3. The maximum atomic E-state index is 10.9. The van der Waals surface area contributed by atoms with Gasteiger partial charge in [0, 0.05) is 0 Å². The van der Waals surface area contributed by atoms with Gasteiger partial charge in [0.25, 0.3) is 5.91 Å². The Labute approximate surface area is 76.5 Å². The van der Waals surface area contributed by atoms with E-state index in [1.807, 2.05) is 0 Å². The molecule has 0 spiro atoms. The zero-order valence-electron chi connectivity index (χ0n) is 6.50. The molecule has 0 aromatic heterocycles. The third kappa shape index (κ3) is 2.67. The van der Waals surface area contributed by atoms with Gasteiger partial charge in [-0.1, -0.05) is 0 Å².